The summed E-state index contributed by atoms with van der Waals surface area (Å²) < 4.78 is 4.16. The van der Waals surface area contributed by atoms with E-state index in [0.717, 1.165) is 37.6 Å². The maximum atomic E-state index is 13.1. The van der Waals surface area contributed by atoms with Gasteiger partial charge in [-0.1, -0.05) is 34.8 Å². The molecular formula is C22H26Cl3N3O2. The van der Waals surface area contributed by atoms with Crippen molar-refractivity contribution in [1.82, 2.24) is 0 Å². The molecule has 30 heavy (non-hydrogen) atoms. The van der Waals surface area contributed by atoms with Gasteiger partial charge in [0.1, 0.15) is 0 Å². The maximum Gasteiger partial charge on any atom is 0.283 e. The summed E-state index contributed by atoms with van der Waals surface area (Å²) >= 11 is 18.0. The smallest absolute Gasteiger partial charge is 0.283 e. The minimum Gasteiger partial charge on any atom is -0.453 e. The van der Waals surface area contributed by atoms with Crippen molar-refractivity contribution in [3.63, 3.8) is 0 Å². The van der Waals surface area contributed by atoms with Gasteiger partial charge in [-0.15, -0.1) is 0 Å². The lowest BCUT2D eigenvalue weighted by Gasteiger charge is -2.34. The van der Waals surface area contributed by atoms with Crippen molar-refractivity contribution in [1.29, 1.82) is 0 Å². The Morgan fingerprint density at radius 3 is 1.57 bits per heavy atom. The molecule has 0 unspecified atom stereocenters. The third kappa shape index (κ3) is 4.29. The van der Waals surface area contributed by atoms with Crippen molar-refractivity contribution in [2.45, 2.75) is 31.5 Å². The number of hydrogen-bond acceptors (Lipinski definition) is 4. The summed E-state index contributed by atoms with van der Waals surface area (Å²) in [6.07, 6.45) is 0. The quantitative estimate of drug-likeness (QED) is 0.450. The lowest BCUT2D eigenvalue weighted by Crippen LogP contribution is -2.37. The Morgan fingerprint density at radius 2 is 1.23 bits per heavy atom. The number of alkyl halides is 3. The van der Waals surface area contributed by atoms with Crippen LogP contribution in [0, 0.1) is 0 Å². The zero-order valence-electron chi connectivity index (χ0n) is 17.6. The Morgan fingerprint density at radius 1 is 0.833 bits per heavy atom. The highest BCUT2D eigenvalue weighted by Crippen LogP contribution is 2.50. The topological polar surface area (TPSA) is 36.0 Å². The number of amides is 1. The number of anilines is 4. The summed E-state index contributed by atoms with van der Waals surface area (Å²) in [5.74, 6) is 0.446. The summed E-state index contributed by atoms with van der Waals surface area (Å²) in [5, 5.41) is 0. The van der Waals surface area contributed by atoms with Crippen molar-refractivity contribution in [3.8, 4) is 11.5 Å². The van der Waals surface area contributed by atoms with E-state index in [1.54, 1.807) is 0 Å². The van der Waals surface area contributed by atoms with E-state index in [-0.39, 0.29) is 0 Å². The zero-order chi connectivity index (χ0) is 22.1. The molecule has 2 aromatic rings. The molecule has 0 radical (unpaired) electrons. The molecule has 1 heterocycles. The van der Waals surface area contributed by atoms with Gasteiger partial charge in [0, 0.05) is 49.7 Å². The van der Waals surface area contributed by atoms with Gasteiger partial charge >= 0.3 is 0 Å². The highest BCUT2D eigenvalue weighted by Gasteiger charge is 2.40. The monoisotopic (exact) mass is 469 g/mol. The second-order valence-electron chi connectivity index (χ2n) is 6.89. The molecule has 3 rings (SSSR count). The van der Waals surface area contributed by atoms with Gasteiger partial charge in [0.25, 0.3) is 9.70 Å². The van der Waals surface area contributed by atoms with Gasteiger partial charge in [-0.25, -0.2) is 0 Å². The van der Waals surface area contributed by atoms with E-state index in [1.165, 1.54) is 4.90 Å². The van der Waals surface area contributed by atoms with Crippen LogP contribution in [0.5, 0.6) is 11.5 Å². The predicted octanol–water partition coefficient (Wildman–Crippen LogP) is 6.52. The molecule has 0 aliphatic carbocycles. The van der Waals surface area contributed by atoms with Crippen LogP contribution in [0.15, 0.2) is 36.4 Å². The van der Waals surface area contributed by atoms with Crippen molar-refractivity contribution < 1.29 is 9.53 Å². The van der Waals surface area contributed by atoms with E-state index in [1.807, 2.05) is 36.4 Å². The minimum atomic E-state index is -2.10. The molecule has 162 valence electrons. The lowest BCUT2D eigenvalue weighted by molar-refractivity contribution is -0.117. The van der Waals surface area contributed by atoms with E-state index in [2.05, 4.69) is 37.5 Å². The Kier molecular flexibility index (Phi) is 6.95. The number of hydrogen-bond donors (Lipinski definition) is 0. The number of fused-ring (bicyclic) bond motifs is 2. The first-order chi connectivity index (χ1) is 14.2. The summed E-state index contributed by atoms with van der Waals surface area (Å²) in [7, 11) is 0. The Hall–Kier alpha value is -1.82. The maximum absolute atomic E-state index is 13.1. The van der Waals surface area contributed by atoms with E-state index in [4.69, 9.17) is 39.5 Å². The van der Waals surface area contributed by atoms with E-state index >= 15 is 0 Å². The fourth-order valence-corrected chi connectivity index (χ4v) is 3.96. The van der Waals surface area contributed by atoms with Crippen LogP contribution in [0.25, 0.3) is 0 Å². The van der Waals surface area contributed by atoms with Crippen molar-refractivity contribution in [2.24, 2.45) is 0 Å². The number of nitrogens with zero attached hydrogens (tertiary/aromatic N) is 3. The molecule has 8 heteroatoms. The van der Waals surface area contributed by atoms with Gasteiger partial charge in [0.05, 0.1) is 11.4 Å². The Labute approximate surface area is 193 Å². The first-order valence-corrected chi connectivity index (χ1v) is 11.3. The summed E-state index contributed by atoms with van der Waals surface area (Å²) in [6.45, 7) is 11.8. The zero-order valence-corrected chi connectivity index (χ0v) is 19.9. The molecule has 1 aliphatic heterocycles. The second-order valence-corrected chi connectivity index (χ2v) is 9.17. The highest BCUT2D eigenvalue weighted by atomic mass is 35.6. The number of carbonyl (C=O) groups is 1. The summed E-state index contributed by atoms with van der Waals surface area (Å²) in [5.41, 5.74) is 3.10. The normalized spacial score (nSPS) is 12.7. The third-order valence-corrected chi connectivity index (χ3v) is 5.78. The molecule has 0 saturated heterocycles. The Balaban J connectivity index is 2.15. The first kappa shape index (κ1) is 22.9. The van der Waals surface area contributed by atoms with Crippen LogP contribution < -0.4 is 19.4 Å². The van der Waals surface area contributed by atoms with E-state index in [9.17, 15) is 4.79 Å². The van der Waals surface area contributed by atoms with Crippen molar-refractivity contribution >= 4 is 63.5 Å². The highest BCUT2D eigenvalue weighted by molar-refractivity contribution is 6.77. The first-order valence-electron chi connectivity index (χ1n) is 10.1. The standard InChI is InChI=1S/C22H26Cl3N3O2/c1-5-26(6-2)15-9-11-17-19(13-15)30-20-14-16(27(7-3)8-4)10-12-18(20)28(17)21(29)22(23,24)25/h9-14H,5-8H2,1-4H3. The molecule has 0 bridgehead atoms. The Bertz CT molecular complexity index is 861. The molecule has 5 nitrogen and oxygen atoms in total. The molecule has 0 saturated carbocycles. The van der Waals surface area contributed by atoms with Crippen LogP contribution in [-0.4, -0.2) is 35.9 Å². The largest absolute Gasteiger partial charge is 0.453 e. The summed E-state index contributed by atoms with van der Waals surface area (Å²) in [6, 6.07) is 11.4. The molecule has 0 aromatic heterocycles. The van der Waals surface area contributed by atoms with Crippen LogP contribution in [0.2, 0.25) is 0 Å². The van der Waals surface area contributed by atoms with Gasteiger partial charge in [-0.05, 0) is 52.0 Å². The van der Waals surface area contributed by atoms with Crippen molar-refractivity contribution in [2.75, 3.05) is 40.9 Å². The SMILES string of the molecule is CCN(CC)c1ccc2c(c1)Oc1cc(N(CC)CC)ccc1N2C(=O)C(Cl)(Cl)Cl. The van der Waals surface area contributed by atoms with Crippen LogP contribution in [0.3, 0.4) is 0 Å². The second kappa shape index (κ2) is 9.13. The van der Waals surface area contributed by atoms with Gasteiger partial charge in [-0.2, -0.15) is 0 Å². The van der Waals surface area contributed by atoms with E-state index < -0.39 is 9.70 Å². The predicted molar refractivity (Wildman–Crippen MR) is 128 cm³/mol. The molecule has 2 aromatic carbocycles. The number of benzene rings is 2. The number of carbonyl (C=O) groups excluding carboxylic acids is 1. The number of rotatable bonds is 6. The molecular weight excluding hydrogens is 445 g/mol. The van der Waals surface area contributed by atoms with E-state index in [0.29, 0.717) is 22.9 Å². The minimum absolute atomic E-state index is 0.547. The van der Waals surface area contributed by atoms with Gasteiger partial charge < -0.3 is 14.5 Å². The number of ether oxygens (including phenoxy) is 1. The average Bonchev–Trinajstić information content (AvgIpc) is 2.72. The number of halogens is 3. The van der Waals surface area contributed by atoms with Crippen LogP contribution >= 0.6 is 34.8 Å². The third-order valence-electron chi connectivity index (χ3n) is 5.29. The van der Waals surface area contributed by atoms with Crippen LogP contribution in [-0.2, 0) is 4.79 Å². The fraction of sp³-hybridized carbons (Fsp3) is 0.409. The molecule has 0 atom stereocenters. The lowest BCUT2D eigenvalue weighted by atomic mass is 10.1. The van der Waals surface area contributed by atoms with Gasteiger partial charge in [0.15, 0.2) is 11.5 Å². The molecule has 1 aliphatic rings. The fourth-order valence-electron chi connectivity index (χ4n) is 3.70. The summed E-state index contributed by atoms with van der Waals surface area (Å²) in [4.78, 5) is 18.9. The molecule has 1 amide bonds. The molecule has 0 fully saturated rings. The molecule has 0 N–H and O–H groups in total. The average molecular weight is 471 g/mol. The van der Waals surface area contributed by atoms with Crippen molar-refractivity contribution in [3.05, 3.63) is 36.4 Å². The van der Waals surface area contributed by atoms with Gasteiger partial charge in [0.2, 0.25) is 0 Å². The van der Waals surface area contributed by atoms with Crippen LogP contribution in [0.1, 0.15) is 27.7 Å². The van der Waals surface area contributed by atoms with Crippen LogP contribution in [0.4, 0.5) is 22.7 Å². The molecule has 0 spiro atoms. The van der Waals surface area contributed by atoms with Gasteiger partial charge in [-0.3, -0.25) is 9.69 Å².